The lowest BCUT2D eigenvalue weighted by atomic mass is 10.0. The molecule has 0 fully saturated rings. The zero-order chi connectivity index (χ0) is 13.8. The van der Waals surface area contributed by atoms with Gasteiger partial charge in [0.15, 0.2) is 0 Å². The predicted molar refractivity (Wildman–Crippen MR) is 80.0 cm³/mol. The van der Waals surface area contributed by atoms with E-state index in [0.717, 1.165) is 25.9 Å². The molecule has 1 aromatic rings. The van der Waals surface area contributed by atoms with Gasteiger partial charge in [-0.1, -0.05) is 23.8 Å². The first-order chi connectivity index (χ1) is 8.28. The van der Waals surface area contributed by atoms with Crippen molar-refractivity contribution < 1.29 is 0 Å². The Morgan fingerprint density at radius 2 is 1.83 bits per heavy atom. The molecule has 0 bridgehead atoms. The molecule has 0 spiro atoms. The number of benzene rings is 1. The van der Waals surface area contributed by atoms with Gasteiger partial charge in [0.2, 0.25) is 0 Å². The normalized spacial score (nSPS) is 12.2. The first kappa shape index (κ1) is 15.2. The van der Waals surface area contributed by atoms with Crippen LogP contribution in [0.5, 0.6) is 0 Å². The molecule has 0 saturated carbocycles. The summed E-state index contributed by atoms with van der Waals surface area (Å²) in [6.45, 7) is 10.7. The summed E-state index contributed by atoms with van der Waals surface area (Å²) in [5, 5.41) is 0. The molecule has 0 unspecified atom stereocenters. The van der Waals surface area contributed by atoms with Crippen molar-refractivity contribution in [2.45, 2.75) is 46.1 Å². The van der Waals surface area contributed by atoms with E-state index in [0.29, 0.717) is 0 Å². The van der Waals surface area contributed by atoms with Crippen LogP contribution in [0.2, 0.25) is 0 Å². The summed E-state index contributed by atoms with van der Waals surface area (Å²) >= 11 is 0. The molecule has 2 heteroatoms. The maximum atomic E-state index is 6.01. The summed E-state index contributed by atoms with van der Waals surface area (Å²) in [5.41, 5.74) is 10.2. The fraction of sp³-hybridized carbons (Fsp3) is 0.625. The van der Waals surface area contributed by atoms with Gasteiger partial charge in [0.1, 0.15) is 0 Å². The van der Waals surface area contributed by atoms with Crippen LogP contribution in [0.25, 0.3) is 0 Å². The van der Waals surface area contributed by atoms with E-state index < -0.39 is 0 Å². The number of nitrogens with two attached hydrogens (primary N) is 1. The van der Waals surface area contributed by atoms with Crippen molar-refractivity contribution in [3.8, 4) is 0 Å². The van der Waals surface area contributed by atoms with Gasteiger partial charge in [0.25, 0.3) is 0 Å². The maximum Gasteiger partial charge on any atom is 0.0109 e. The van der Waals surface area contributed by atoms with E-state index in [4.69, 9.17) is 5.73 Å². The number of hydrogen-bond donors (Lipinski definition) is 1. The lowest BCUT2D eigenvalue weighted by Gasteiger charge is -2.23. The van der Waals surface area contributed by atoms with Gasteiger partial charge in [-0.15, -0.1) is 0 Å². The standard InChI is InChI=1S/C16H28N2/c1-13-6-7-14(2)15(12-13)8-10-18(5)11-9-16(3,4)17/h6-7,12H,8-11,17H2,1-5H3. The van der Waals surface area contributed by atoms with Crippen LogP contribution in [0.4, 0.5) is 0 Å². The molecule has 1 rings (SSSR count). The SMILES string of the molecule is Cc1ccc(C)c(CCN(C)CCC(C)(C)N)c1. The first-order valence-electron chi connectivity index (χ1n) is 6.81. The Morgan fingerprint density at radius 3 is 2.44 bits per heavy atom. The average molecular weight is 248 g/mol. The Bertz CT molecular complexity index is 377. The summed E-state index contributed by atoms with van der Waals surface area (Å²) in [4.78, 5) is 2.37. The summed E-state index contributed by atoms with van der Waals surface area (Å²) < 4.78 is 0. The van der Waals surface area contributed by atoms with Gasteiger partial charge in [-0.05, 0) is 65.3 Å². The summed E-state index contributed by atoms with van der Waals surface area (Å²) in [5.74, 6) is 0. The maximum absolute atomic E-state index is 6.01. The molecular weight excluding hydrogens is 220 g/mol. The summed E-state index contributed by atoms with van der Waals surface area (Å²) in [6, 6.07) is 6.70. The second kappa shape index (κ2) is 6.35. The van der Waals surface area contributed by atoms with E-state index in [9.17, 15) is 0 Å². The van der Waals surface area contributed by atoms with Crippen molar-refractivity contribution in [2.75, 3.05) is 20.1 Å². The summed E-state index contributed by atoms with van der Waals surface area (Å²) in [7, 11) is 2.18. The molecule has 0 amide bonds. The van der Waals surface area contributed by atoms with E-state index in [2.05, 4.69) is 57.8 Å². The van der Waals surface area contributed by atoms with E-state index in [-0.39, 0.29) is 5.54 Å². The van der Waals surface area contributed by atoms with Gasteiger partial charge >= 0.3 is 0 Å². The molecule has 18 heavy (non-hydrogen) atoms. The van der Waals surface area contributed by atoms with Crippen LogP contribution in [-0.2, 0) is 6.42 Å². The van der Waals surface area contributed by atoms with Crippen LogP contribution in [-0.4, -0.2) is 30.6 Å². The topological polar surface area (TPSA) is 29.3 Å². The van der Waals surface area contributed by atoms with Crippen molar-refractivity contribution in [3.63, 3.8) is 0 Å². The lowest BCUT2D eigenvalue weighted by molar-refractivity contribution is 0.298. The van der Waals surface area contributed by atoms with Crippen LogP contribution in [0.3, 0.4) is 0 Å². The Hall–Kier alpha value is -0.860. The molecule has 102 valence electrons. The first-order valence-corrected chi connectivity index (χ1v) is 6.81. The monoisotopic (exact) mass is 248 g/mol. The zero-order valence-corrected chi connectivity index (χ0v) is 12.6. The molecule has 0 aliphatic rings. The number of hydrogen-bond acceptors (Lipinski definition) is 2. The van der Waals surface area contributed by atoms with Crippen LogP contribution in [0.1, 0.15) is 37.0 Å². The predicted octanol–water partition coefficient (Wildman–Crippen LogP) is 2.91. The summed E-state index contributed by atoms with van der Waals surface area (Å²) in [6.07, 6.45) is 2.16. The smallest absolute Gasteiger partial charge is 0.0109 e. The molecule has 0 aromatic heterocycles. The molecular formula is C16H28N2. The van der Waals surface area contributed by atoms with Crippen LogP contribution < -0.4 is 5.73 Å². The van der Waals surface area contributed by atoms with E-state index >= 15 is 0 Å². The van der Waals surface area contributed by atoms with Crippen LogP contribution >= 0.6 is 0 Å². The molecule has 0 saturated heterocycles. The van der Waals surface area contributed by atoms with Gasteiger partial charge in [-0.2, -0.15) is 0 Å². The Balaban J connectivity index is 2.42. The van der Waals surface area contributed by atoms with Crippen LogP contribution in [0.15, 0.2) is 18.2 Å². The van der Waals surface area contributed by atoms with Gasteiger partial charge < -0.3 is 10.6 Å². The highest BCUT2D eigenvalue weighted by Crippen LogP contribution is 2.12. The quantitative estimate of drug-likeness (QED) is 0.839. The minimum atomic E-state index is -0.0620. The lowest BCUT2D eigenvalue weighted by Crippen LogP contribution is -2.36. The van der Waals surface area contributed by atoms with Crippen molar-refractivity contribution >= 4 is 0 Å². The molecule has 0 radical (unpaired) electrons. The Labute approximate surface area is 112 Å². The highest BCUT2D eigenvalue weighted by Gasteiger charge is 2.11. The number of likely N-dealkylation sites (N-methyl/N-ethyl adjacent to an activating group) is 1. The van der Waals surface area contributed by atoms with Crippen molar-refractivity contribution in [1.29, 1.82) is 0 Å². The fourth-order valence-corrected chi connectivity index (χ4v) is 1.97. The van der Waals surface area contributed by atoms with Gasteiger partial charge in [-0.25, -0.2) is 0 Å². The minimum Gasteiger partial charge on any atom is -0.326 e. The van der Waals surface area contributed by atoms with Gasteiger partial charge in [0, 0.05) is 12.1 Å². The Morgan fingerprint density at radius 1 is 1.17 bits per heavy atom. The second-order valence-corrected chi connectivity index (χ2v) is 6.22. The average Bonchev–Trinajstić information content (AvgIpc) is 2.26. The number of rotatable bonds is 6. The Kier molecular flexibility index (Phi) is 5.36. The fourth-order valence-electron chi connectivity index (χ4n) is 1.97. The molecule has 1 aromatic carbocycles. The third-order valence-corrected chi connectivity index (χ3v) is 3.41. The second-order valence-electron chi connectivity index (χ2n) is 6.22. The molecule has 2 N–H and O–H groups in total. The highest BCUT2D eigenvalue weighted by atomic mass is 15.1. The number of nitrogens with zero attached hydrogens (tertiary/aromatic N) is 1. The third kappa shape index (κ3) is 5.65. The highest BCUT2D eigenvalue weighted by molar-refractivity contribution is 5.30. The van der Waals surface area contributed by atoms with E-state index in [1.54, 1.807) is 0 Å². The largest absolute Gasteiger partial charge is 0.326 e. The van der Waals surface area contributed by atoms with E-state index in [1.807, 2.05) is 0 Å². The third-order valence-electron chi connectivity index (χ3n) is 3.41. The van der Waals surface area contributed by atoms with Gasteiger partial charge in [0.05, 0.1) is 0 Å². The number of aryl methyl sites for hydroxylation is 2. The van der Waals surface area contributed by atoms with Gasteiger partial charge in [-0.3, -0.25) is 0 Å². The van der Waals surface area contributed by atoms with E-state index in [1.165, 1.54) is 16.7 Å². The molecule has 0 aliphatic heterocycles. The van der Waals surface area contributed by atoms with Crippen molar-refractivity contribution in [2.24, 2.45) is 5.73 Å². The van der Waals surface area contributed by atoms with Crippen LogP contribution in [0, 0.1) is 13.8 Å². The molecule has 2 nitrogen and oxygen atoms in total. The molecule has 0 aliphatic carbocycles. The van der Waals surface area contributed by atoms with Crippen molar-refractivity contribution in [3.05, 3.63) is 34.9 Å². The minimum absolute atomic E-state index is 0.0620. The van der Waals surface area contributed by atoms with Crippen molar-refractivity contribution in [1.82, 2.24) is 4.90 Å². The zero-order valence-electron chi connectivity index (χ0n) is 12.6. The molecule has 0 atom stereocenters. The molecule has 0 heterocycles.